The molecule has 1 aliphatic rings. The van der Waals surface area contributed by atoms with Gasteiger partial charge in [-0.2, -0.15) is 0 Å². The van der Waals surface area contributed by atoms with Crippen LogP contribution in [0.1, 0.15) is 27.7 Å². The monoisotopic (exact) mass is 380 g/mol. The minimum absolute atomic E-state index is 0.368. The van der Waals surface area contributed by atoms with Gasteiger partial charge in [-0.15, -0.1) is 0 Å². The van der Waals surface area contributed by atoms with Crippen LogP contribution in [-0.4, -0.2) is 35.0 Å². The zero-order chi connectivity index (χ0) is 19.3. The molecule has 1 saturated heterocycles. The molecule has 1 aromatic carbocycles. The highest BCUT2D eigenvalue weighted by molar-refractivity contribution is 6.71. The molecule has 0 bridgehead atoms. The molecule has 0 atom stereocenters. The summed E-state index contributed by atoms with van der Waals surface area (Å²) in [4.78, 5) is 0. The van der Waals surface area contributed by atoms with E-state index >= 15 is 0 Å². The Morgan fingerprint density at radius 3 is 1.40 bits per heavy atom. The maximum atomic E-state index is 6.22. The van der Waals surface area contributed by atoms with E-state index in [4.69, 9.17) is 18.2 Å². The zero-order valence-electron chi connectivity index (χ0n) is 17.4. The normalized spacial score (nSPS) is 19.8. The molecule has 0 amide bonds. The van der Waals surface area contributed by atoms with E-state index in [-0.39, 0.29) is 11.2 Å². The number of rotatable bonds is 5. The summed E-state index contributed by atoms with van der Waals surface area (Å²) in [7, 11) is -3.87. The molecule has 2 rings (SSSR count). The largest absolute Gasteiger partial charge is 0.544 e. The van der Waals surface area contributed by atoms with E-state index in [1.807, 2.05) is 18.2 Å². The fraction of sp³-hybridized carbons (Fsp3) is 0.667. The van der Waals surface area contributed by atoms with Gasteiger partial charge in [0.1, 0.15) is 11.5 Å². The zero-order valence-corrected chi connectivity index (χ0v) is 19.4. The lowest BCUT2D eigenvalue weighted by molar-refractivity contribution is 0.00578. The molecular weight excluding hydrogens is 347 g/mol. The van der Waals surface area contributed by atoms with Crippen molar-refractivity contribution in [3.63, 3.8) is 0 Å². The van der Waals surface area contributed by atoms with Crippen LogP contribution in [0.5, 0.6) is 11.5 Å². The van der Waals surface area contributed by atoms with Crippen molar-refractivity contribution in [2.75, 3.05) is 0 Å². The van der Waals surface area contributed by atoms with E-state index in [1.54, 1.807) is 0 Å². The third-order valence-corrected chi connectivity index (χ3v) is 5.97. The summed E-state index contributed by atoms with van der Waals surface area (Å²) in [5, 5.41) is 0. The molecule has 1 aromatic rings. The molecule has 1 aliphatic heterocycles. The molecular formula is C18H33BO4Si2. The molecule has 0 aliphatic carbocycles. The molecule has 1 fully saturated rings. The topological polar surface area (TPSA) is 36.9 Å². The van der Waals surface area contributed by atoms with E-state index < -0.39 is 23.8 Å². The Bertz CT molecular complexity index is 583. The van der Waals surface area contributed by atoms with Crippen LogP contribution in [0.2, 0.25) is 39.3 Å². The Hall–Kier alpha value is -0.761. The molecule has 0 spiro atoms. The van der Waals surface area contributed by atoms with E-state index in [1.165, 1.54) is 0 Å². The molecule has 1 heterocycles. The van der Waals surface area contributed by atoms with Gasteiger partial charge in [0.05, 0.1) is 11.2 Å². The first-order valence-corrected chi connectivity index (χ1v) is 15.8. The standard InChI is InChI=1S/C18H33BO4Si2/c1-17(2)18(3,4)23-19(22-17)14-11-15(20-24(5,6)7)13-16(12-14)21-25(8,9)10/h11-13H,1-10H3. The number of hydrogen-bond donors (Lipinski definition) is 0. The number of hydrogen-bond acceptors (Lipinski definition) is 4. The molecule has 140 valence electrons. The maximum absolute atomic E-state index is 6.22. The Labute approximate surface area is 155 Å². The van der Waals surface area contributed by atoms with Crippen molar-refractivity contribution in [1.82, 2.24) is 0 Å². The van der Waals surface area contributed by atoms with Gasteiger partial charge in [0, 0.05) is 6.07 Å². The molecule has 0 aromatic heterocycles. The highest BCUT2D eigenvalue weighted by Gasteiger charge is 2.52. The summed E-state index contributed by atoms with van der Waals surface area (Å²) in [6, 6.07) is 6.04. The van der Waals surface area contributed by atoms with Gasteiger partial charge in [0.15, 0.2) is 0 Å². The summed E-state index contributed by atoms with van der Waals surface area (Å²) in [5.41, 5.74) is 0.211. The predicted molar refractivity (Wildman–Crippen MR) is 110 cm³/mol. The Morgan fingerprint density at radius 1 is 0.720 bits per heavy atom. The van der Waals surface area contributed by atoms with E-state index in [0.29, 0.717) is 0 Å². The van der Waals surface area contributed by atoms with Gasteiger partial charge in [-0.3, -0.25) is 0 Å². The van der Waals surface area contributed by atoms with Crippen LogP contribution < -0.4 is 14.3 Å². The lowest BCUT2D eigenvalue weighted by Gasteiger charge is -2.32. The lowest BCUT2D eigenvalue weighted by atomic mass is 9.79. The van der Waals surface area contributed by atoms with Gasteiger partial charge >= 0.3 is 7.12 Å². The maximum Gasteiger partial charge on any atom is 0.495 e. The smallest absolute Gasteiger partial charge is 0.495 e. The third kappa shape index (κ3) is 5.36. The first-order chi connectivity index (χ1) is 11.1. The van der Waals surface area contributed by atoms with Crippen molar-refractivity contribution in [2.45, 2.75) is 78.2 Å². The third-order valence-electron chi connectivity index (χ3n) is 4.28. The Balaban J connectivity index is 2.40. The fourth-order valence-electron chi connectivity index (χ4n) is 2.53. The Morgan fingerprint density at radius 2 is 1.08 bits per heavy atom. The molecule has 0 N–H and O–H groups in total. The average Bonchev–Trinajstić information content (AvgIpc) is 2.53. The van der Waals surface area contributed by atoms with Gasteiger partial charge in [-0.05, 0) is 84.6 Å². The van der Waals surface area contributed by atoms with Gasteiger partial charge in [-0.25, -0.2) is 0 Å². The summed E-state index contributed by atoms with van der Waals surface area (Å²) in [6.07, 6.45) is 0. The summed E-state index contributed by atoms with van der Waals surface area (Å²) < 4.78 is 24.9. The van der Waals surface area contributed by atoms with Crippen LogP contribution in [0, 0.1) is 0 Å². The second kappa shape index (κ2) is 6.44. The van der Waals surface area contributed by atoms with Crippen LogP contribution in [0.4, 0.5) is 0 Å². The molecule has 7 heteroatoms. The van der Waals surface area contributed by atoms with Crippen molar-refractivity contribution < 1.29 is 18.2 Å². The summed E-state index contributed by atoms with van der Waals surface area (Å²) in [5.74, 6) is 1.67. The first-order valence-electron chi connectivity index (χ1n) is 8.97. The van der Waals surface area contributed by atoms with Crippen molar-refractivity contribution in [3.8, 4) is 11.5 Å². The van der Waals surface area contributed by atoms with Gasteiger partial charge in [-0.1, -0.05) is 0 Å². The predicted octanol–water partition coefficient (Wildman–Crippen LogP) is 4.41. The van der Waals surface area contributed by atoms with E-state index in [2.05, 4.69) is 67.0 Å². The van der Waals surface area contributed by atoms with E-state index in [0.717, 1.165) is 17.0 Å². The van der Waals surface area contributed by atoms with Gasteiger partial charge in [0.25, 0.3) is 0 Å². The second-order valence-electron chi connectivity index (χ2n) is 9.75. The Kier molecular flexibility index (Phi) is 5.30. The van der Waals surface area contributed by atoms with Crippen molar-refractivity contribution >= 4 is 29.2 Å². The fourth-order valence-corrected chi connectivity index (χ4v) is 4.18. The first kappa shape index (κ1) is 20.5. The van der Waals surface area contributed by atoms with Crippen molar-refractivity contribution in [2.24, 2.45) is 0 Å². The quantitative estimate of drug-likeness (QED) is 0.709. The summed E-state index contributed by atoms with van der Waals surface area (Å²) in [6.45, 7) is 21.3. The highest BCUT2D eigenvalue weighted by Crippen LogP contribution is 2.37. The molecule has 0 unspecified atom stereocenters. The van der Waals surface area contributed by atoms with Crippen LogP contribution in [-0.2, 0) is 9.31 Å². The summed E-state index contributed by atoms with van der Waals surface area (Å²) >= 11 is 0. The molecule has 4 nitrogen and oxygen atoms in total. The minimum Gasteiger partial charge on any atom is -0.544 e. The van der Waals surface area contributed by atoms with Crippen LogP contribution >= 0.6 is 0 Å². The SMILES string of the molecule is CC1(C)OB(c2cc(O[Si](C)(C)C)cc(O[Si](C)(C)C)c2)OC1(C)C. The van der Waals surface area contributed by atoms with E-state index in [9.17, 15) is 0 Å². The molecule has 25 heavy (non-hydrogen) atoms. The van der Waals surface area contributed by atoms with Crippen LogP contribution in [0.15, 0.2) is 18.2 Å². The lowest BCUT2D eigenvalue weighted by Crippen LogP contribution is -2.41. The second-order valence-corrected chi connectivity index (χ2v) is 18.6. The van der Waals surface area contributed by atoms with Crippen molar-refractivity contribution in [1.29, 1.82) is 0 Å². The molecule has 0 radical (unpaired) electrons. The minimum atomic E-state index is -1.72. The van der Waals surface area contributed by atoms with Crippen molar-refractivity contribution in [3.05, 3.63) is 18.2 Å². The molecule has 0 saturated carbocycles. The average molecular weight is 380 g/mol. The highest BCUT2D eigenvalue weighted by atomic mass is 28.4. The van der Waals surface area contributed by atoms with Crippen LogP contribution in [0.3, 0.4) is 0 Å². The van der Waals surface area contributed by atoms with Gasteiger partial charge in [0.2, 0.25) is 16.6 Å². The van der Waals surface area contributed by atoms with Gasteiger partial charge < -0.3 is 18.2 Å². The van der Waals surface area contributed by atoms with Crippen LogP contribution in [0.25, 0.3) is 0 Å². The number of benzene rings is 1.